The van der Waals surface area contributed by atoms with Crippen LogP contribution in [0, 0.1) is 23.7 Å². The van der Waals surface area contributed by atoms with E-state index in [-0.39, 0.29) is 24.2 Å². The molecule has 6 rings (SSSR count). The third kappa shape index (κ3) is 5.49. The number of carbonyl (C=O) groups is 5. The molecule has 2 saturated carbocycles. The van der Waals surface area contributed by atoms with Gasteiger partial charge in [-0.05, 0) is 91.8 Å². The number of nitrogens with one attached hydrogen (secondary N) is 1. The Balaban J connectivity index is 1.27. The molecule has 47 heavy (non-hydrogen) atoms. The lowest BCUT2D eigenvalue weighted by Crippen LogP contribution is -2.74. The van der Waals surface area contributed by atoms with Gasteiger partial charge in [-0.25, -0.2) is 0 Å². The monoisotopic (exact) mass is 657 g/mol. The van der Waals surface area contributed by atoms with Crippen LogP contribution in [-0.2, 0) is 38.6 Å². The summed E-state index contributed by atoms with van der Waals surface area (Å²) in [5, 5.41) is 26.7. The maximum absolute atomic E-state index is 14.0. The first kappa shape index (κ1) is 32.7. The molecule has 1 amide bonds. The molecule has 2 fully saturated rings. The first-order chi connectivity index (χ1) is 22.3. The third-order valence-electron chi connectivity index (χ3n) is 10.0. The van der Waals surface area contributed by atoms with Gasteiger partial charge in [-0.15, -0.1) is 0 Å². The molecule has 244 valence electrons. The van der Waals surface area contributed by atoms with E-state index in [9.17, 15) is 34.2 Å². The van der Waals surface area contributed by atoms with Crippen molar-refractivity contribution >= 4 is 40.6 Å². The number of aliphatic hydroxyl groups is 1. The zero-order valence-electron chi connectivity index (χ0n) is 26.0. The van der Waals surface area contributed by atoms with Crippen LogP contribution in [0.1, 0.15) is 33.5 Å². The summed E-state index contributed by atoms with van der Waals surface area (Å²) in [6.07, 6.45) is 1.05. The molecule has 10 nitrogen and oxygen atoms in total. The molecule has 0 radical (unpaired) electrons. The highest BCUT2D eigenvalue weighted by atomic mass is 35.5. The summed E-state index contributed by atoms with van der Waals surface area (Å²) >= 11 is 5.96. The van der Waals surface area contributed by atoms with Crippen LogP contribution < -0.4 is 11.1 Å². The number of primary amides is 1. The lowest BCUT2D eigenvalue weighted by molar-refractivity contribution is -0.181. The number of phenols is 1. The van der Waals surface area contributed by atoms with E-state index in [1.807, 2.05) is 48.5 Å². The Hall–Kier alpha value is -4.22. The number of benzene rings is 3. The van der Waals surface area contributed by atoms with Gasteiger partial charge in [-0.3, -0.25) is 28.9 Å². The number of aromatic hydroxyl groups is 1. The van der Waals surface area contributed by atoms with Crippen LogP contribution in [0.15, 0.2) is 60.7 Å². The summed E-state index contributed by atoms with van der Waals surface area (Å²) in [5.74, 6) is -10.6. The number of hydrogen-bond donors (Lipinski definition) is 4. The fourth-order valence-electron chi connectivity index (χ4n) is 7.79. The summed E-state index contributed by atoms with van der Waals surface area (Å²) in [7, 11) is 3.12. The van der Waals surface area contributed by atoms with Gasteiger partial charge >= 0.3 is 0 Å². The van der Waals surface area contributed by atoms with Gasteiger partial charge < -0.3 is 21.3 Å². The second-order valence-electron chi connectivity index (χ2n) is 13.0. The van der Waals surface area contributed by atoms with Crippen LogP contribution in [0.5, 0.6) is 5.75 Å². The number of Topliss-reactive ketones (excluding diaryl/α,β-unsaturated/α-hetero) is 4. The maximum atomic E-state index is 14.0. The average Bonchev–Trinajstić information content (AvgIpc) is 3.02. The molecule has 5 N–H and O–H groups in total. The Morgan fingerprint density at radius 2 is 1.64 bits per heavy atom. The van der Waals surface area contributed by atoms with Crippen LogP contribution in [-0.4, -0.2) is 76.4 Å². The zero-order chi connectivity index (χ0) is 33.8. The summed E-state index contributed by atoms with van der Waals surface area (Å²) in [6, 6.07) is 17.6. The van der Waals surface area contributed by atoms with E-state index < -0.39 is 64.4 Å². The van der Waals surface area contributed by atoms with Gasteiger partial charge in [-0.1, -0.05) is 54.1 Å². The molecule has 0 aliphatic heterocycles. The van der Waals surface area contributed by atoms with Crippen LogP contribution in [0.4, 0.5) is 0 Å². The van der Waals surface area contributed by atoms with Crippen molar-refractivity contribution in [1.82, 2.24) is 10.2 Å². The molecule has 0 bridgehead atoms. The molecule has 0 spiro atoms. The number of halogens is 1. The number of amides is 1. The van der Waals surface area contributed by atoms with Gasteiger partial charge in [0.2, 0.25) is 5.91 Å². The van der Waals surface area contributed by atoms with E-state index in [1.165, 1.54) is 16.5 Å². The number of hydrogen-bond acceptors (Lipinski definition) is 9. The van der Waals surface area contributed by atoms with Crippen molar-refractivity contribution in [1.29, 1.82) is 0 Å². The fourth-order valence-corrected chi connectivity index (χ4v) is 7.92. The van der Waals surface area contributed by atoms with Crippen molar-refractivity contribution in [2.45, 2.75) is 37.5 Å². The van der Waals surface area contributed by atoms with Crippen molar-refractivity contribution in [2.24, 2.45) is 29.4 Å². The summed E-state index contributed by atoms with van der Waals surface area (Å²) in [6.45, 7) is 1.43. The highest BCUT2D eigenvalue weighted by Crippen LogP contribution is 2.51. The number of carbonyl (C=O) groups excluding carboxylic acids is 5. The van der Waals surface area contributed by atoms with Gasteiger partial charge in [0.05, 0.1) is 17.5 Å². The molecule has 0 saturated heterocycles. The molecule has 3 aliphatic rings. The van der Waals surface area contributed by atoms with Crippen LogP contribution in [0.25, 0.3) is 11.1 Å². The Morgan fingerprint density at radius 3 is 2.28 bits per heavy atom. The Labute approximate surface area is 276 Å². The minimum Gasteiger partial charge on any atom is -0.507 e. The van der Waals surface area contributed by atoms with Crippen molar-refractivity contribution < 1.29 is 34.2 Å². The molecule has 3 unspecified atom stereocenters. The lowest BCUT2D eigenvalue weighted by atomic mass is 9.52. The summed E-state index contributed by atoms with van der Waals surface area (Å²) in [5.41, 5.74) is 6.95. The van der Waals surface area contributed by atoms with Gasteiger partial charge in [0.15, 0.2) is 34.7 Å². The lowest BCUT2D eigenvalue weighted by Gasteiger charge is -2.52. The number of rotatable bonds is 8. The molecule has 6 atom stereocenters. The molecule has 11 heteroatoms. The maximum Gasteiger partial charge on any atom is 0.235 e. The number of phenolic OH excluding ortho intramolecular Hbond substituents is 1. The number of ketones is 4. The summed E-state index contributed by atoms with van der Waals surface area (Å²) < 4.78 is 0. The van der Waals surface area contributed by atoms with E-state index >= 15 is 0 Å². The molecule has 0 heterocycles. The summed E-state index contributed by atoms with van der Waals surface area (Å²) in [4.78, 5) is 68.5. The van der Waals surface area contributed by atoms with E-state index in [2.05, 4.69) is 5.32 Å². The van der Waals surface area contributed by atoms with Crippen molar-refractivity contribution in [2.75, 3.05) is 20.6 Å². The van der Waals surface area contributed by atoms with Crippen molar-refractivity contribution in [3.8, 4) is 16.9 Å². The van der Waals surface area contributed by atoms with Crippen LogP contribution in [0.3, 0.4) is 0 Å². The number of fused-ring (bicyclic) bond motifs is 3. The fraction of sp³-hybridized carbons (Fsp3) is 0.361. The zero-order valence-corrected chi connectivity index (χ0v) is 26.8. The third-order valence-corrected chi connectivity index (χ3v) is 10.3. The topological polar surface area (TPSA) is 167 Å². The normalized spacial score (nSPS) is 27.0. The van der Waals surface area contributed by atoms with E-state index in [0.29, 0.717) is 22.7 Å². The van der Waals surface area contributed by atoms with Crippen LogP contribution >= 0.6 is 11.6 Å². The number of nitrogens with two attached hydrogens (primary N) is 1. The van der Waals surface area contributed by atoms with Gasteiger partial charge in [0.25, 0.3) is 0 Å². The highest BCUT2D eigenvalue weighted by molar-refractivity contribution is 6.32. The van der Waals surface area contributed by atoms with Crippen molar-refractivity contribution in [3.63, 3.8) is 0 Å². The van der Waals surface area contributed by atoms with Gasteiger partial charge in [0, 0.05) is 17.5 Å². The standard InChI is InChI=1S/C36H36ClN3O7/c1-40(2)30-25-16-21-15-24-23(20-7-3-19(4-8-20)17-39-14-13-18-5-9-22(37)10-6-18)11-12-26(41)28(24)31(42)27(21)33(44)36(25,47)34(45)29(32(30)43)35(38)46/h3-12,21,25,27,29-30,39,41,47H,13-17H2,1-2H3,(H2,38,46)/t21-,25-,27?,29?,30?,36-/m0/s1. The number of likely N-dealkylation sites (N-methyl/N-ethyl adjacent to an activating group) is 1. The average molecular weight is 658 g/mol. The smallest absolute Gasteiger partial charge is 0.235 e. The first-order valence-corrected chi connectivity index (χ1v) is 16.0. The molecule has 0 aromatic heterocycles. The Bertz CT molecular complexity index is 1790. The van der Waals surface area contributed by atoms with E-state index in [0.717, 1.165) is 24.1 Å². The van der Waals surface area contributed by atoms with Crippen LogP contribution in [0.2, 0.25) is 5.02 Å². The molecule has 3 aromatic carbocycles. The Morgan fingerprint density at radius 1 is 0.979 bits per heavy atom. The predicted molar refractivity (Wildman–Crippen MR) is 174 cm³/mol. The second kappa shape index (κ2) is 12.4. The molecular formula is C36H36ClN3O7. The Kier molecular flexibility index (Phi) is 8.65. The largest absolute Gasteiger partial charge is 0.507 e. The second-order valence-corrected chi connectivity index (χ2v) is 13.5. The van der Waals surface area contributed by atoms with E-state index in [1.54, 1.807) is 20.2 Å². The quantitative estimate of drug-likeness (QED) is 0.210. The molecule has 3 aromatic rings. The van der Waals surface area contributed by atoms with Crippen molar-refractivity contribution in [3.05, 3.63) is 87.9 Å². The number of nitrogens with zero attached hydrogens (tertiary/aromatic N) is 1. The molecular weight excluding hydrogens is 622 g/mol. The SMILES string of the molecule is CN(C)C1C(=O)C(C(N)=O)C(=O)[C@@]2(O)C(=O)C3C(=O)c4c(O)ccc(-c5ccc(CNCCc6ccc(Cl)cc6)cc5)c4C[C@H]3C[C@@H]12. The predicted octanol–water partition coefficient (Wildman–Crippen LogP) is 2.52. The minimum absolute atomic E-state index is 0.000378. The van der Waals surface area contributed by atoms with Gasteiger partial charge in [0.1, 0.15) is 5.75 Å². The minimum atomic E-state index is -2.75. The van der Waals surface area contributed by atoms with Gasteiger partial charge in [-0.2, -0.15) is 0 Å². The first-order valence-electron chi connectivity index (χ1n) is 15.6. The van der Waals surface area contributed by atoms with E-state index in [4.69, 9.17) is 17.3 Å². The highest BCUT2D eigenvalue weighted by Gasteiger charge is 2.69. The molecule has 3 aliphatic carbocycles.